The van der Waals surface area contributed by atoms with E-state index in [4.69, 9.17) is 5.11 Å². The number of hydrogen-bond donors (Lipinski definition) is 1. The number of nitrogens with zero attached hydrogens (tertiary/aromatic N) is 1. The fourth-order valence-corrected chi connectivity index (χ4v) is 2.21. The fourth-order valence-electron chi connectivity index (χ4n) is 2.21. The Balaban J connectivity index is 2.48. The van der Waals surface area contributed by atoms with Crippen molar-refractivity contribution in [3.63, 3.8) is 0 Å². The van der Waals surface area contributed by atoms with E-state index in [0.29, 0.717) is 6.54 Å². The maximum atomic E-state index is 11.4. The van der Waals surface area contributed by atoms with Crippen LogP contribution in [0.2, 0.25) is 0 Å². The van der Waals surface area contributed by atoms with Crippen LogP contribution in [0.3, 0.4) is 0 Å². The molecule has 0 bridgehead atoms. The molecular weight excluding hydrogens is 194 g/mol. The topological polar surface area (TPSA) is 57.6 Å². The number of carbonyl (C=O) groups excluding carboxylic acids is 1. The van der Waals surface area contributed by atoms with E-state index in [-0.39, 0.29) is 18.4 Å². The molecule has 0 aromatic carbocycles. The second-order valence-electron chi connectivity index (χ2n) is 4.15. The van der Waals surface area contributed by atoms with Gasteiger partial charge in [-0.1, -0.05) is 19.3 Å². The molecule has 0 heterocycles. The van der Waals surface area contributed by atoms with Crippen LogP contribution in [0, 0.1) is 0 Å². The van der Waals surface area contributed by atoms with Crippen LogP contribution in [-0.2, 0) is 9.59 Å². The molecule has 0 aromatic rings. The summed E-state index contributed by atoms with van der Waals surface area (Å²) in [5, 5.41) is 8.60. The number of amides is 1. The monoisotopic (exact) mass is 213 g/mol. The second-order valence-corrected chi connectivity index (χ2v) is 4.15. The largest absolute Gasteiger partial charge is 0.481 e. The van der Waals surface area contributed by atoms with E-state index < -0.39 is 5.97 Å². The number of carboxylic acids is 1. The summed E-state index contributed by atoms with van der Waals surface area (Å²) in [5.41, 5.74) is 0. The molecule has 0 aromatic heterocycles. The number of carbonyl (C=O) groups is 2. The molecule has 0 aliphatic heterocycles. The SMILES string of the molecule is CC(=O)N(CCC(=O)O)C1CCCCC1. The Kier molecular flexibility index (Phi) is 4.59. The summed E-state index contributed by atoms with van der Waals surface area (Å²) >= 11 is 0. The number of aliphatic carboxylic acids is 1. The first-order chi connectivity index (χ1) is 7.11. The zero-order chi connectivity index (χ0) is 11.3. The van der Waals surface area contributed by atoms with E-state index in [1.54, 1.807) is 4.90 Å². The van der Waals surface area contributed by atoms with Crippen molar-refractivity contribution in [1.82, 2.24) is 4.90 Å². The average Bonchev–Trinajstić information content (AvgIpc) is 2.18. The Morgan fingerprint density at radius 1 is 1.27 bits per heavy atom. The lowest BCUT2D eigenvalue weighted by atomic mass is 9.94. The molecule has 15 heavy (non-hydrogen) atoms. The lowest BCUT2D eigenvalue weighted by Gasteiger charge is -2.33. The van der Waals surface area contributed by atoms with Crippen molar-refractivity contribution in [3.8, 4) is 0 Å². The third kappa shape index (κ3) is 3.90. The van der Waals surface area contributed by atoms with Crippen LogP contribution in [0.5, 0.6) is 0 Å². The first kappa shape index (κ1) is 12.0. The molecule has 86 valence electrons. The minimum absolute atomic E-state index is 0.00292. The van der Waals surface area contributed by atoms with Gasteiger partial charge in [0.25, 0.3) is 0 Å². The van der Waals surface area contributed by atoms with Crippen LogP contribution in [0.1, 0.15) is 45.4 Å². The molecule has 4 heteroatoms. The van der Waals surface area contributed by atoms with Gasteiger partial charge >= 0.3 is 5.97 Å². The Morgan fingerprint density at radius 2 is 1.87 bits per heavy atom. The van der Waals surface area contributed by atoms with E-state index in [1.807, 2.05) is 0 Å². The minimum Gasteiger partial charge on any atom is -0.481 e. The third-order valence-electron chi connectivity index (χ3n) is 2.99. The van der Waals surface area contributed by atoms with E-state index in [9.17, 15) is 9.59 Å². The quantitative estimate of drug-likeness (QED) is 0.772. The normalized spacial score (nSPS) is 17.4. The van der Waals surface area contributed by atoms with Gasteiger partial charge in [0.2, 0.25) is 5.91 Å². The molecule has 0 atom stereocenters. The first-order valence-corrected chi connectivity index (χ1v) is 5.60. The Labute approximate surface area is 90.3 Å². The maximum absolute atomic E-state index is 11.4. The van der Waals surface area contributed by atoms with Gasteiger partial charge in [0, 0.05) is 19.5 Å². The molecule has 1 amide bonds. The van der Waals surface area contributed by atoms with Crippen molar-refractivity contribution >= 4 is 11.9 Å². The van der Waals surface area contributed by atoms with E-state index in [2.05, 4.69) is 0 Å². The lowest BCUT2D eigenvalue weighted by molar-refractivity contribution is -0.139. The van der Waals surface area contributed by atoms with Gasteiger partial charge in [0.05, 0.1) is 6.42 Å². The van der Waals surface area contributed by atoms with Crippen LogP contribution in [0.25, 0.3) is 0 Å². The Bertz CT molecular complexity index is 234. The highest BCUT2D eigenvalue weighted by Crippen LogP contribution is 2.22. The highest BCUT2D eigenvalue weighted by Gasteiger charge is 2.23. The molecule has 0 saturated heterocycles. The van der Waals surface area contributed by atoms with Crippen LogP contribution < -0.4 is 0 Å². The van der Waals surface area contributed by atoms with Crippen molar-refractivity contribution < 1.29 is 14.7 Å². The first-order valence-electron chi connectivity index (χ1n) is 5.60. The molecule has 1 rings (SSSR count). The van der Waals surface area contributed by atoms with Crippen LogP contribution in [0.15, 0.2) is 0 Å². The Morgan fingerprint density at radius 3 is 2.33 bits per heavy atom. The molecule has 0 spiro atoms. The van der Waals surface area contributed by atoms with Gasteiger partial charge < -0.3 is 10.0 Å². The van der Waals surface area contributed by atoms with Crippen LogP contribution >= 0.6 is 0 Å². The van der Waals surface area contributed by atoms with Gasteiger partial charge in [0.1, 0.15) is 0 Å². The summed E-state index contributed by atoms with van der Waals surface area (Å²) in [5.74, 6) is -0.833. The predicted molar refractivity (Wildman–Crippen MR) is 56.5 cm³/mol. The zero-order valence-electron chi connectivity index (χ0n) is 9.24. The molecule has 1 N–H and O–H groups in total. The standard InChI is InChI=1S/C11H19NO3/c1-9(13)12(8-7-11(14)15)10-5-3-2-4-6-10/h10H,2-8H2,1H3,(H,14,15). The number of rotatable bonds is 4. The van der Waals surface area contributed by atoms with Gasteiger partial charge in [-0.2, -0.15) is 0 Å². The fraction of sp³-hybridized carbons (Fsp3) is 0.818. The molecule has 0 radical (unpaired) electrons. The van der Waals surface area contributed by atoms with Crippen molar-refractivity contribution in [3.05, 3.63) is 0 Å². The van der Waals surface area contributed by atoms with Crippen molar-refractivity contribution in [2.24, 2.45) is 0 Å². The van der Waals surface area contributed by atoms with Gasteiger partial charge in [-0.3, -0.25) is 9.59 Å². The third-order valence-corrected chi connectivity index (χ3v) is 2.99. The highest BCUT2D eigenvalue weighted by atomic mass is 16.4. The Hall–Kier alpha value is -1.06. The van der Waals surface area contributed by atoms with E-state index in [1.165, 1.54) is 13.3 Å². The molecule has 1 aliphatic rings. The van der Waals surface area contributed by atoms with E-state index >= 15 is 0 Å². The minimum atomic E-state index is -0.836. The van der Waals surface area contributed by atoms with E-state index in [0.717, 1.165) is 25.7 Å². The average molecular weight is 213 g/mol. The van der Waals surface area contributed by atoms with Gasteiger partial charge in [-0.05, 0) is 12.8 Å². The number of carboxylic acid groups (broad SMARTS) is 1. The summed E-state index contributed by atoms with van der Waals surface area (Å²) in [6, 6.07) is 0.274. The molecule has 1 aliphatic carbocycles. The summed E-state index contributed by atoms with van der Waals surface area (Å²) in [7, 11) is 0. The summed E-state index contributed by atoms with van der Waals surface area (Å²) in [4.78, 5) is 23.6. The van der Waals surface area contributed by atoms with Gasteiger partial charge in [0.15, 0.2) is 0 Å². The zero-order valence-corrected chi connectivity index (χ0v) is 9.24. The molecule has 0 unspecified atom stereocenters. The predicted octanol–water partition coefficient (Wildman–Crippen LogP) is 1.64. The summed E-state index contributed by atoms with van der Waals surface area (Å²) < 4.78 is 0. The van der Waals surface area contributed by atoms with Crippen molar-refractivity contribution in [2.45, 2.75) is 51.5 Å². The number of hydrogen-bond acceptors (Lipinski definition) is 2. The molecular formula is C11H19NO3. The molecule has 1 fully saturated rings. The highest BCUT2D eigenvalue weighted by molar-refractivity contribution is 5.74. The van der Waals surface area contributed by atoms with Gasteiger partial charge in [-0.25, -0.2) is 0 Å². The van der Waals surface area contributed by atoms with Gasteiger partial charge in [-0.15, -0.1) is 0 Å². The van der Waals surface area contributed by atoms with Crippen LogP contribution in [0.4, 0.5) is 0 Å². The van der Waals surface area contributed by atoms with Crippen molar-refractivity contribution in [1.29, 1.82) is 0 Å². The summed E-state index contributed by atoms with van der Waals surface area (Å²) in [6.45, 7) is 1.88. The molecule has 1 saturated carbocycles. The second kappa shape index (κ2) is 5.73. The van der Waals surface area contributed by atoms with Crippen molar-refractivity contribution in [2.75, 3.05) is 6.54 Å². The molecule has 4 nitrogen and oxygen atoms in total. The lowest BCUT2D eigenvalue weighted by Crippen LogP contribution is -2.41. The summed E-state index contributed by atoms with van der Waals surface area (Å²) in [6.07, 6.45) is 5.65. The maximum Gasteiger partial charge on any atom is 0.305 e. The van der Waals surface area contributed by atoms with Crippen LogP contribution in [-0.4, -0.2) is 34.5 Å². The smallest absolute Gasteiger partial charge is 0.305 e.